The van der Waals surface area contributed by atoms with Crippen LogP contribution in [-0.2, 0) is 28.5 Å². The zero-order valence-electron chi connectivity index (χ0n) is 20.2. The summed E-state index contributed by atoms with van der Waals surface area (Å²) in [5.74, 6) is -2.36. The molecule has 0 amide bonds. The zero-order chi connectivity index (χ0) is 24.4. The van der Waals surface area contributed by atoms with E-state index in [0.29, 0.717) is 12.8 Å². The minimum absolute atomic E-state index is 0.239. The number of esters is 2. The number of aliphatic hydroxyl groups is 3. The second-order valence-electron chi connectivity index (χ2n) is 11.9. The Hall–Kier alpha value is -1.26. The van der Waals surface area contributed by atoms with E-state index in [9.17, 15) is 24.9 Å². The number of rotatable bonds is 2. The van der Waals surface area contributed by atoms with Gasteiger partial charge in [0, 0.05) is 42.9 Å². The average Bonchev–Trinajstić information content (AvgIpc) is 3.56. The summed E-state index contributed by atoms with van der Waals surface area (Å²) in [6.45, 7) is 10.5. The van der Waals surface area contributed by atoms with Crippen molar-refractivity contribution in [2.24, 2.45) is 22.7 Å². The van der Waals surface area contributed by atoms with Gasteiger partial charge in [-0.25, -0.2) is 0 Å². The van der Waals surface area contributed by atoms with E-state index in [2.05, 4.69) is 0 Å². The predicted octanol–water partition coefficient (Wildman–Crippen LogP) is 0.705. The molecule has 2 heterocycles. The lowest BCUT2D eigenvalue weighted by atomic mass is 9.45. The fourth-order valence-corrected chi connectivity index (χ4v) is 8.50. The number of hydrogen-bond acceptors (Lipinski definition) is 9. The highest BCUT2D eigenvalue weighted by molar-refractivity contribution is 5.68. The van der Waals surface area contributed by atoms with Gasteiger partial charge in [-0.05, 0) is 19.8 Å². The third kappa shape index (κ3) is 2.71. The molecule has 2 saturated heterocycles. The van der Waals surface area contributed by atoms with Gasteiger partial charge in [-0.15, -0.1) is 0 Å². The molecule has 9 nitrogen and oxygen atoms in total. The van der Waals surface area contributed by atoms with Gasteiger partial charge in [-0.1, -0.05) is 20.8 Å². The highest BCUT2D eigenvalue weighted by atomic mass is 16.7. The molecule has 0 aromatic carbocycles. The molecule has 2 aliphatic heterocycles. The van der Waals surface area contributed by atoms with Crippen LogP contribution < -0.4 is 0 Å². The van der Waals surface area contributed by atoms with Crippen LogP contribution in [0.1, 0.15) is 60.8 Å². The van der Waals surface area contributed by atoms with Gasteiger partial charge in [0.2, 0.25) is 0 Å². The van der Waals surface area contributed by atoms with Gasteiger partial charge in [0.15, 0.2) is 6.10 Å². The molecule has 186 valence electrons. The van der Waals surface area contributed by atoms with E-state index in [1.165, 1.54) is 13.8 Å². The summed E-state index contributed by atoms with van der Waals surface area (Å²) in [5, 5.41) is 34.2. The molecule has 11 atom stereocenters. The van der Waals surface area contributed by atoms with Crippen molar-refractivity contribution in [3.8, 4) is 0 Å². The Morgan fingerprint density at radius 1 is 0.970 bits per heavy atom. The quantitative estimate of drug-likeness (QED) is 0.395. The molecule has 2 spiro atoms. The topological polar surface area (TPSA) is 138 Å². The molecule has 0 aromatic rings. The van der Waals surface area contributed by atoms with E-state index in [1.807, 2.05) is 27.7 Å². The summed E-state index contributed by atoms with van der Waals surface area (Å²) >= 11 is 0. The summed E-state index contributed by atoms with van der Waals surface area (Å²) in [4.78, 5) is 24.8. The first-order valence-corrected chi connectivity index (χ1v) is 11.9. The van der Waals surface area contributed by atoms with Crippen LogP contribution in [0.3, 0.4) is 0 Å². The first-order valence-electron chi connectivity index (χ1n) is 11.9. The van der Waals surface area contributed by atoms with E-state index < -0.39 is 81.9 Å². The van der Waals surface area contributed by atoms with E-state index in [-0.39, 0.29) is 13.0 Å². The predicted molar refractivity (Wildman–Crippen MR) is 113 cm³/mol. The van der Waals surface area contributed by atoms with Crippen molar-refractivity contribution in [2.45, 2.75) is 108 Å². The van der Waals surface area contributed by atoms with E-state index in [4.69, 9.17) is 18.9 Å². The Kier molecular flexibility index (Phi) is 4.76. The number of aliphatic hydroxyl groups excluding tert-OH is 3. The van der Waals surface area contributed by atoms with Crippen molar-refractivity contribution in [3.05, 3.63) is 0 Å². The molecule has 5 fully saturated rings. The normalized spacial score (nSPS) is 56.0. The van der Waals surface area contributed by atoms with Crippen molar-refractivity contribution in [3.63, 3.8) is 0 Å². The Labute approximate surface area is 193 Å². The summed E-state index contributed by atoms with van der Waals surface area (Å²) in [5.41, 5.74) is -4.67. The van der Waals surface area contributed by atoms with Crippen LogP contribution in [0.2, 0.25) is 0 Å². The largest absolute Gasteiger partial charge is 0.458 e. The summed E-state index contributed by atoms with van der Waals surface area (Å²) in [6, 6.07) is 0. The lowest BCUT2D eigenvalue weighted by Crippen LogP contribution is -2.74. The number of fused-ring (bicyclic) bond motifs is 3. The smallest absolute Gasteiger partial charge is 0.303 e. The van der Waals surface area contributed by atoms with Gasteiger partial charge >= 0.3 is 11.9 Å². The van der Waals surface area contributed by atoms with Gasteiger partial charge in [-0.3, -0.25) is 9.59 Å². The highest BCUT2D eigenvalue weighted by Crippen LogP contribution is 2.74. The number of carbonyl (C=O) groups excluding carboxylic acids is 2. The van der Waals surface area contributed by atoms with Crippen LogP contribution >= 0.6 is 0 Å². The first kappa shape index (κ1) is 23.5. The van der Waals surface area contributed by atoms with Crippen LogP contribution in [0.5, 0.6) is 0 Å². The Morgan fingerprint density at radius 2 is 1.55 bits per heavy atom. The molecular formula is C24H36O9. The lowest BCUT2D eigenvalue weighted by molar-refractivity contribution is -0.256. The summed E-state index contributed by atoms with van der Waals surface area (Å²) in [6.07, 6.45) is -3.61. The average molecular weight is 469 g/mol. The lowest BCUT2D eigenvalue weighted by Gasteiger charge is -2.61. The molecule has 0 radical (unpaired) electrons. The third-order valence-corrected chi connectivity index (χ3v) is 9.79. The monoisotopic (exact) mass is 468 g/mol. The molecule has 3 N–H and O–H groups in total. The van der Waals surface area contributed by atoms with E-state index in [0.717, 1.165) is 0 Å². The number of ether oxygens (including phenoxy) is 4. The standard InChI is InChI=1S/C24H36O9/c1-11(25)31-18-19(32-12(2)26)24-20(3,4)15(13(27)9-22(24,6)33-24)16(29)17-21(18,5)8-7-14(28)23(17)10-30-23/h13-19,27-29H,7-10H2,1-6H3/t13-,14-,15-,16+,17-,18-,19-,21+,22+,23-,24-/m0/s1. The molecule has 3 aliphatic carbocycles. The van der Waals surface area contributed by atoms with Gasteiger partial charge in [0.05, 0.1) is 24.9 Å². The van der Waals surface area contributed by atoms with Crippen LogP contribution in [0.25, 0.3) is 0 Å². The maximum atomic E-state index is 12.4. The number of hydrogen-bond donors (Lipinski definition) is 3. The van der Waals surface area contributed by atoms with Crippen LogP contribution in [0, 0.1) is 22.7 Å². The van der Waals surface area contributed by atoms with E-state index in [1.54, 1.807) is 0 Å². The van der Waals surface area contributed by atoms with Crippen molar-refractivity contribution >= 4 is 11.9 Å². The molecule has 0 aromatic heterocycles. The minimum atomic E-state index is -1.07. The molecule has 3 saturated carbocycles. The fourth-order valence-electron chi connectivity index (χ4n) is 8.50. The molecule has 9 heteroatoms. The van der Waals surface area contributed by atoms with Gasteiger partial charge < -0.3 is 34.3 Å². The number of epoxide rings is 2. The minimum Gasteiger partial charge on any atom is -0.458 e. The maximum Gasteiger partial charge on any atom is 0.303 e. The zero-order valence-corrected chi connectivity index (χ0v) is 20.2. The molecule has 5 rings (SSSR count). The molecule has 2 bridgehead atoms. The van der Waals surface area contributed by atoms with Crippen LogP contribution in [-0.4, -0.2) is 81.2 Å². The Morgan fingerprint density at radius 3 is 2.09 bits per heavy atom. The number of carbonyl (C=O) groups is 2. The molecule has 5 aliphatic rings. The SMILES string of the molecule is CC(=O)O[C@H]1[C@H](OC(C)=O)[C@@]23O[C@]2(C)C[C@H](O)[C@@H]([C@@H](O)[C@H]2[C@@]1(C)CC[C@H](O)[C@@]21CO1)C3(C)C. The first-order chi connectivity index (χ1) is 15.2. The van der Waals surface area contributed by atoms with Crippen molar-refractivity contribution in [2.75, 3.05) is 6.61 Å². The summed E-state index contributed by atoms with van der Waals surface area (Å²) in [7, 11) is 0. The Bertz CT molecular complexity index is 883. The van der Waals surface area contributed by atoms with Crippen LogP contribution in [0.4, 0.5) is 0 Å². The van der Waals surface area contributed by atoms with Crippen LogP contribution in [0.15, 0.2) is 0 Å². The second-order valence-corrected chi connectivity index (χ2v) is 11.9. The van der Waals surface area contributed by atoms with Crippen molar-refractivity contribution in [1.82, 2.24) is 0 Å². The van der Waals surface area contributed by atoms with Gasteiger partial charge in [0.25, 0.3) is 0 Å². The molecule has 0 unspecified atom stereocenters. The second kappa shape index (κ2) is 6.69. The third-order valence-electron chi connectivity index (χ3n) is 9.79. The highest BCUT2D eigenvalue weighted by Gasteiger charge is 2.87. The fraction of sp³-hybridized carbons (Fsp3) is 0.917. The molecule has 33 heavy (non-hydrogen) atoms. The van der Waals surface area contributed by atoms with Gasteiger partial charge in [0.1, 0.15) is 22.9 Å². The van der Waals surface area contributed by atoms with Crippen molar-refractivity contribution < 1.29 is 43.9 Å². The van der Waals surface area contributed by atoms with Gasteiger partial charge in [-0.2, -0.15) is 0 Å². The van der Waals surface area contributed by atoms with E-state index >= 15 is 0 Å². The Balaban J connectivity index is 1.77. The van der Waals surface area contributed by atoms with Crippen molar-refractivity contribution in [1.29, 1.82) is 0 Å². The maximum absolute atomic E-state index is 12.4. The molecular weight excluding hydrogens is 432 g/mol. The summed E-state index contributed by atoms with van der Waals surface area (Å²) < 4.78 is 24.2.